The zero-order valence-electron chi connectivity index (χ0n) is 9.80. The number of aromatic amines is 1. The van der Waals surface area contributed by atoms with Gasteiger partial charge in [-0.3, -0.25) is 14.9 Å². The van der Waals surface area contributed by atoms with Crippen LogP contribution in [0.25, 0.3) is 10.9 Å². The fraction of sp³-hybridized carbons (Fsp3) is 0.250. The van der Waals surface area contributed by atoms with Gasteiger partial charge in [0.15, 0.2) is 0 Å². The molecule has 0 unspecified atom stereocenters. The Kier molecular flexibility index (Phi) is 3.38. The van der Waals surface area contributed by atoms with Gasteiger partial charge in [-0.05, 0) is 19.1 Å². The van der Waals surface area contributed by atoms with Crippen LogP contribution in [0, 0.1) is 0 Å². The number of fused-ring (bicyclic) bond motifs is 1. The number of para-hydroxylation sites is 1. The van der Waals surface area contributed by atoms with Crippen LogP contribution in [0.3, 0.4) is 0 Å². The first-order valence-electron chi connectivity index (χ1n) is 5.52. The van der Waals surface area contributed by atoms with Crippen LogP contribution in [0.2, 0.25) is 0 Å². The van der Waals surface area contributed by atoms with Crippen molar-refractivity contribution in [3.63, 3.8) is 0 Å². The third-order valence-electron chi connectivity index (χ3n) is 2.61. The van der Waals surface area contributed by atoms with E-state index in [1.54, 1.807) is 24.3 Å². The fourth-order valence-electron chi connectivity index (χ4n) is 1.56. The van der Waals surface area contributed by atoms with Crippen LogP contribution >= 0.6 is 0 Å². The quantitative estimate of drug-likeness (QED) is 0.730. The molecule has 0 radical (unpaired) electrons. The number of H-pyrrole nitrogens is 1. The van der Waals surface area contributed by atoms with E-state index < -0.39 is 12.0 Å². The summed E-state index contributed by atoms with van der Waals surface area (Å²) in [6.45, 7) is 1.73. The van der Waals surface area contributed by atoms with Crippen LogP contribution in [0.15, 0.2) is 29.1 Å². The van der Waals surface area contributed by atoms with Gasteiger partial charge in [-0.15, -0.1) is 0 Å². The van der Waals surface area contributed by atoms with E-state index in [2.05, 4.69) is 15.3 Å². The monoisotopic (exact) mass is 247 g/mol. The molecular formula is C12H13N3O3. The highest BCUT2D eigenvalue weighted by atomic mass is 16.4. The highest BCUT2D eigenvalue weighted by molar-refractivity contribution is 5.77. The van der Waals surface area contributed by atoms with Crippen LogP contribution < -0.4 is 10.9 Å². The van der Waals surface area contributed by atoms with Crippen molar-refractivity contribution < 1.29 is 9.90 Å². The van der Waals surface area contributed by atoms with Crippen molar-refractivity contribution in [1.29, 1.82) is 0 Å². The molecular weight excluding hydrogens is 234 g/mol. The molecule has 6 nitrogen and oxygen atoms in total. The average molecular weight is 247 g/mol. The second-order valence-corrected chi connectivity index (χ2v) is 3.97. The lowest BCUT2D eigenvalue weighted by Gasteiger charge is -2.08. The molecule has 0 saturated heterocycles. The molecule has 0 aliphatic heterocycles. The Balaban J connectivity index is 2.25. The SMILES string of the molecule is C[C@@H](NCc1nc2ccccc2c(=O)[nH]1)C(=O)O. The highest BCUT2D eigenvalue weighted by Gasteiger charge is 2.10. The van der Waals surface area contributed by atoms with Crippen LogP contribution in [-0.2, 0) is 11.3 Å². The third-order valence-corrected chi connectivity index (χ3v) is 2.61. The summed E-state index contributed by atoms with van der Waals surface area (Å²) in [6, 6.07) is 6.31. The van der Waals surface area contributed by atoms with Crippen LogP contribution in [0.5, 0.6) is 0 Å². The normalized spacial score (nSPS) is 12.5. The highest BCUT2D eigenvalue weighted by Crippen LogP contribution is 2.05. The predicted octanol–water partition coefficient (Wildman–Crippen LogP) is 0.486. The average Bonchev–Trinajstić information content (AvgIpc) is 2.36. The zero-order valence-corrected chi connectivity index (χ0v) is 9.80. The molecule has 6 heteroatoms. The van der Waals surface area contributed by atoms with Crippen molar-refractivity contribution >= 4 is 16.9 Å². The van der Waals surface area contributed by atoms with E-state index in [9.17, 15) is 9.59 Å². The maximum Gasteiger partial charge on any atom is 0.320 e. The van der Waals surface area contributed by atoms with Crippen LogP contribution in [-0.4, -0.2) is 27.1 Å². The molecule has 2 rings (SSSR count). The Hall–Kier alpha value is -2.21. The maximum atomic E-state index is 11.7. The molecule has 2 aromatic rings. The maximum absolute atomic E-state index is 11.7. The van der Waals surface area contributed by atoms with Gasteiger partial charge in [-0.25, -0.2) is 4.98 Å². The van der Waals surface area contributed by atoms with E-state index >= 15 is 0 Å². The van der Waals surface area contributed by atoms with E-state index in [1.165, 1.54) is 6.92 Å². The van der Waals surface area contributed by atoms with E-state index in [4.69, 9.17) is 5.11 Å². The van der Waals surface area contributed by atoms with Gasteiger partial charge in [0.2, 0.25) is 0 Å². The summed E-state index contributed by atoms with van der Waals surface area (Å²) >= 11 is 0. The van der Waals surface area contributed by atoms with Gasteiger partial charge in [0, 0.05) is 0 Å². The summed E-state index contributed by atoms with van der Waals surface area (Å²) in [7, 11) is 0. The standard InChI is InChI=1S/C12H13N3O3/c1-7(12(17)18)13-6-10-14-9-5-3-2-4-8(9)11(16)15-10/h2-5,7,13H,6H2,1H3,(H,17,18)(H,14,15,16)/t7-/m1/s1. The minimum Gasteiger partial charge on any atom is -0.480 e. The van der Waals surface area contributed by atoms with E-state index in [1.807, 2.05) is 0 Å². The molecule has 1 aromatic heterocycles. The molecule has 0 bridgehead atoms. The van der Waals surface area contributed by atoms with Gasteiger partial charge in [-0.1, -0.05) is 12.1 Å². The number of nitrogens with one attached hydrogen (secondary N) is 2. The number of aromatic nitrogens is 2. The largest absolute Gasteiger partial charge is 0.480 e. The van der Waals surface area contributed by atoms with Gasteiger partial charge < -0.3 is 10.1 Å². The Labute approximate surface area is 103 Å². The topological polar surface area (TPSA) is 95.1 Å². The van der Waals surface area contributed by atoms with E-state index in [0.29, 0.717) is 16.7 Å². The summed E-state index contributed by atoms with van der Waals surface area (Å²) in [4.78, 5) is 29.3. The molecule has 0 aliphatic rings. The van der Waals surface area contributed by atoms with Crippen molar-refractivity contribution in [2.45, 2.75) is 19.5 Å². The van der Waals surface area contributed by atoms with Crippen molar-refractivity contribution in [3.8, 4) is 0 Å². The van der Waals surface area contributed by atoms with Gasteiger partial charge in [0.25, 0.3) is 5.56 Å². The van der Waals surface area contributed by atoms with E-state index in [-0.39, 0.29) is 12.1 Å². The van der Waals surface area contributed by atoms with Crippen molar-refractivity contribution in [2.75, 3.05) is 0 Å². The number of benzene rings is 1. The number of hydrogen-bond acceptors (Lipinski definition) is 4. The van der Waals surface area contributed by atoms with Crippen molar-refractivity contribution in [1.82, 2.24) is 15.3 Å². The van der Waals surface area contributed by atoms with Gasteiger partial charge >= 0.3 is 5.97 Å². The summed E-state index contributed by atoms with van der Waals surface area (Å²) in [5, 5.41) is 12.0. The Morgan fingerprint density at radius 3 is 2.94 bits per heavy atom. The molecule has 0 amide bonds. The van der Waals surface area contributed by atoms with Crippen LogP contribution in [0.1, 0.15) is 12.7 Å². The lowest BCUT2D eigenvalue weighted by atomic mass is 10.2. The molecule has 94 valence electrons. The van der Waals surface area contributed by atoms with Gasteiger partial charge in [0.1, 0.15) is 11.9 Å². The molecule has 0 aliphatic carbocycles. The van der Waals surface area contributed by atoms with Gasteiger partial charge in [-0.2, -0.15) is 0 Å². The van der Waals surface area contributed by atoms with Crippen molar-refractivity contribution in [2.24, 2.45) is 0 Å². The molecule has 0 fully saturated rings. The number of aliphatic carboxylic acids is 1. The minimum absolute atomic E-state index is 0.202. The first kappa shape index (κ1) is 12.3. The van der Waals surface area contributed by atoms with Crippen LogP contribution in [0.4, 0.5) is 0 Å². The lowest BCUT2D eigenvalue weighted by molar-refractivity contribution is -0.139. The summed E-state index contributed by atoms with van der Waals surface area (Å²) < 4.78 is 0. The van der Waals surface area contributed by atoms with Crippen molar-refractivity contribution in [3.05, 3.63) is 40.4 Å². The molecule has 1 atom stereocenters. The van der Waals surface area contributed by atoms with Gasteiger partial charge in [0.05, 0.1) is 17.4 Å². The smallest absolute Gasteiger partial charge is 0.320 e. The summed E-state index contributed by atoms with van der Waals surface area (Å²) in [5.74, 6) is -0.523. The second kappa shape index (κ2) is 4.97. The predicted molar refractivity (Wildman–Crippen MR) is 66.3 cm³/mol. The number of carbonyl (C=O) groups is 1. The number of carboxylic acids is 1. The number of rotatable bonds is 4. The second-order valence-electron chi connectivity index (χ2n) is 3.97. The molecule has 0 saturated carbocycles. The Morgan fingerprint density at radius 2 is 2.22 bits per heavy atom. The summed E-state index contributed by atoms with van der Waals surface area (Å²) in [6.07, 6.45) is 0. The Morgan fingerprint density at radius 1 is 1.50 bits per heavy atom. The first-order valence-corrected chi connectivity index (χ1v) is 5.52. The minimum atomic E-state index is -0.946. The number of nitrogens with zero attached hydrogens (tertiary/aromatic N) is 1. The number of hydrogen-bond donors (Lipinski definition) is 3. The summed E-state index contributed by atoms with van der Waals surface area (Å²) in [5.41, 5.74) is 0.376. The molecule has 1 heterocycles. The third kappa shape index (κ3) is 2.54. The lowest BCUT2D eigenvalue weighted by Crippen LogP contribution is -2.34. The number of carboxylic acid groups (broad SMARTS) is 1. The Bertz CT molecular complexity index is 636. The fourth-order valence-corrected chi connectivity index (χ4v) is 1.56. The molecule has 0 spiro atoms. The molecule has 3 N–H and O–H groups in total. The molecule has 1 aromatic carbocycles. The molecule has 18 heavy (non-hydrogen) atoms. The zero-order chi connectivity index (χ0) is 13.1. The first-order chi connectivity index (χ1) is 8.58. The van der Waals surface area contributed by atoms with E-state index in [0.717, 1.165) is 0 Å².